The Kier molecular flexibility index (Phi) is 4.59. The maximum Gasteiger partial charge on any atom is 0.146 e. The summed E-state index contributed by atoms with van der Waals surface area (Å²) in [5.74, 6) is 2.38. The largest absolute Gasteiger partial charge is 0.456 e. The molecule has 3 aromatic rings. The van der Waals surface area contributed by atoms with Crippen molar-refractivity contribution in [2.75, 3.05) is 11.9 Å². The molecule has 0 radical (unpaired) electrons. The molecule has 0 amide bonds. The fraction of sp³-hybridized carbons (Fsp3) is 0.211. The van der Waals surface area contributed by atoms with Crippen molar-refractivity contribution < 1.29 is 9.47 Å². The fourth-order valence-electron chi connectivity index (χ4n) is 2.80. The summed E-state index contributed by atoms with van der Waals surface area (Å²) >= 11 is 6.36. The van der Waals surface area contributed by atoms with Gasteiger partial charge in [0.15, 0.2) is 0 Å². The molecular formula is C19H18ClN3O2. The minimum absolute atomic E-state index is 0.567. The molecule has 25 heavy (non-hydrogen) atoms. The number of hydrogen-bond acceptors (Lipinski definition) is 4. The highest BCUT2D eigenvalue weighted by atomic mass is 35.5. The average Bonchev–Trinajstić information content (AvgIpc) is 3.06. The fourth-order valence-corrected chi connectivity index (χ4v) is 3.02. The molecule has 1 aliphatic heterocycles. The smallest absolute Gasteiger partial charge is 0.146 e. The summed E-state index contributed by atoms with van der Waals surface area (Å²) in [4.78, 5) is 4.40. The van der Waals surface area contributed by atoms with Crippen LogP contribution in [0.25, 0.3) is 0 Å². The van der Waals surface area contributed by atoms with E-state index in [1.54, 1.807) is 0 Å². The molecule has 0 saturated heterocycles. The van der Waals surface area contributed by atoms with E-state index in [9.17, 15) is 0 Å². The van der Waals surface area contributed by atoms with Crippen molar-refractivity contribution in [2.45, 2.75) is 19.7 Å². The minimum atomic E-state index is 0.567. The zero-order chi connectivity index (χ0) is 17.1. The molecule has 2 heterocycles. The van der Waals surface area contributed by atoms with Gasteiger partial charge >= 0.3 is 0 Å². The van der Waals surface area contributed by atoms with Gasteiger partial charge in [-0.15, -0.1) is 0 Å². The van der Waals surface area contributed by atoms with Crippen molar-refractivity contribution in [3.8, 4) is 11.5 Å². The summed E-state index contributed by atoms with van der Waals surface area (Å²) in [5.41, 5.74) is 2.08. The topological polar surface area (TPSA) is 48.3 Å². The van der Waals surface area contributed by atoms with Gasteiger partial charge in [0.2, 0.25) is 0 Å². The van der Waals surface area contributed by atoms with Crippen LogP contribution < -0.4 is 10.1 Å². The Hall–Kier alpha value is -2.50. The first-order valence-corrected chi connectivity index (χ1v) is 8.55. The SMILES string of the molecule is Clc1cc(NCc2cnc3n2CCOC3)ccc1Oc1ccccc1. The number of rotatable bonds is 5. The van der Waals surface area contributed by atoms with Crippen LogP contribution >= 0.6 is 11.6 Å². The highest BCUT2D eigenvalue weighted by Crippen LogP contribution is 2.31. The van der Waals surface area contributed by atoms with Crippen LogP contribution in [0.3, 0.4) is 0 Å². The van der Waals surface area contributed by atoms with Crippen LogP contribution in [0.1, 0.15) is 11.5 Å². The molecule has 0 saturated carbocycles. The Morgan fingerprint density at radius 3 is 2.92 bits per heavy atom. The predicted molar refractivity (Wildman–Crippen MR) is 97.2 cm³/mol. The van der Waals surface area contributed by atoms with Crippen LogP contribution in [0, 0.1) is 0 Å². The van der Waals surface area contributed by atoms with Gasteiger partial charge in [-0.25, -0.2) is 4.98 Å². The van der Waals surface area contributed by atoms with Gasteiger partial charge in [0.05, 0.1) is 30.1 Å². The lowest BCUT2D eigenvalue weighted by atomic mass is 10.3. The van der Waals surface area contributed by atoms with Gasteiger partial charge in [-0.05, 0) is 30.3 Å². The zero-order valence-corrected chi connectivity index (χ0v) is 14.4. The molecule has 4 rings (SSSR count). The van der Waals surface area contributed by atoms with E-state index in [2.05, 4.69) is 14.9 Å². The Labute approximate surface area is 151 Å². The molecule has 0 aliphatic carbocycles. The summed E-state index contributed by atoms with van der Waals surface area (Å²) in [6, 6.07) is 15.3. The monoisotopic (exact) mass is 355 g/mol. The van der Waals surface area contributed by atoms with Gasteiger partial charge in [-0.1, -0.05) is 29.8 Å². The number of hydrogen-bond donors (Lipinski definition) is 1. The molecule has 0 fully saturated rings. The van der Waals surface area contributed by atoms with E-state index in [0.717, 1.165) is 36.1 Å². The zero-order valence-electron chi connectivity index (χ0n) is 13.6. The van der Waals surface area contributed by atoms with E-state index in [-0.39, 0.29) is 0 Å². The molecule has 128 valence electrons. The summed E-state index contributed by atoms with van der Waals surface area (Å²) in [6.45, 7) is 2.84. The Morgan fingerprint density at radius 2 is 2.08 bits per heavy atom. The van der Waals surface area contributed by atoms with Crippen molar-refractivity contribution in [3.63, 3.8) is 0 Å². The molecule has 6 heteroatoms. The molecule has 0 atom stereocenters. The number of benzene rings is 2. The van der Waals surface area contributed by atoms with Crippen molar-refractivity contribution in [1.82, 2.24) is 9.55 Å². The second-order valence-corrected chi connectivity index (χ2v) is 6.19. The number of nitrogens with zero attached hydrogens (tertiary/aromatic N) is 2. The van der Waals surface area contributed by atoms with Crippen molar-refractivity contribution in [3.05, 3.63) is 71.3 Å². The van der Waals surface area contributed by atoms with Crippen LogP contribution in [0.5, 0.6) is 11.5 Å². The molecule has 2 aromatic carbocycles. The number of para-hydroxylation sites is 1. The third-order valence-corrected chi connectivity index (χ3v) is 4.38. The van der Waals surface area contributed by atoms with Gasteiger partial charge in [0, 0.05) is 12.2 Å². The molecular weight excluding hydrogens is 338 g/mol. The van der Waals surface area contributed by atoms with Crippen LogP contribution in [0.15, 0.2) is 54.7 Å². The summed E-state index contributed by atoms with van der Waals surface area (Å²) in [7, 11) is 0. The maximum absolute atomic E-state index is 6.36. The molecule has 1 aromatic heterocycles. The van der Waals surface area contributed by atoms with Gasteiger partial charge in [-0.3, -0.25) is 0 Å². The Bertz CT molecular complexity index is 864. The number of imidazole rings is 1. The lowest BCUT2D eigenvalue weighted by Gasteiger charge is -2.17. The number of fused-ring (bicyclic) bond motifs is 1. The summed E-state index contributed by atoms with van der Waals surface area (Å²) < 4.78 is 13.4. The second-order valence-electron chi connectivity index (χ2n) is 5.78. The van der Waals surface area contributed by atoms with E-state index in [1.807, 2.05) is 54.7 Å². The number of anilines is 1. The first-order chi connectivity index (χ1) is 12.3. The van der Waals surface area contributed by atoms with Crippen molar-refractivity contribution >= 4 is 17.3 Å². The molecule has 0 spiro atoms. The third kappa shape index (κ3) is 3.62. The molecule has 1 aliphatic rings. The quantitative estimate of drug-likeness (QED) is 0.733. The molecule has 0 bridgehead atoms. The first kappa shape index (κ1) is 16.0. The predicted octanol–water partition coefficient (Wildman–Crippen LogP) is 4.47. The van der Waals surface area contributed by atoms with E-state index in [4.69, 9.17) is 21.1 Å². The molecule has 5 nitrogen and oxygen atoms in total. The number of ether oxygens (including phenoxy) is 2. The van der Waals surface area contributed by atoms with Crippen LogP contribution in [-0.4, -0.2) is 16.2 Å². The van der Waals surface area contributed by atoms with Gasteiger partial charge in [0.25, 0.3) is 0 Å². The van der Waals surface area contributed by atoms with Crippen LogP contribution in [0.4, 0.5) is 5.69 Å². The minimum Gasteiger partial charge on any atom is -0.456 e. The van der Waals surface area contributed by atoms with Crippen LogP contribution in [0.2, 0.25) is 5.02 Å². The lowest BCUT2D eigenvalue weighted by molar-refractivity contribution is 0.0807. The maximum atomic E-state index is 6.36. The Balaban J connectivity index is 1.43. The molecule has 1 N–H and O–H groups in total. The van der Waals surface area contributed by atoms with Crippen molar-refractivity contribution in [1.29, 1.82) is 0 Å². The highest BCUT2D eigenvalue weighted by Gasteiger charge is 2.14. The highest BCUT2D eigenvalue weighted by molar-refractivity contribution is 6.32. The molecule has 0 unspecified atom stereocenters. The standard InChI is InChI=1S/C19H18ClN3O2/c20-17-10-14(6-7-18(17)25-16-4-2-1-3-5-16)21-11-15-12-22-19-13-24-9-8-23(15)19/h1-7,10,12,21H,8-9,11,13H2. The van der Waals surface area contributed by atoms with E-state index < -0.39 is 0 Å². The van der Waals surface area contributed by atoms with Gasteiger partial charge < -0.3 is 19.4 Å². The average molecular weight is 356 g/mol. The van der Waals surface area contributed by atoms with Crippen molar-refractivity contribution in [2.24, 2.45) is 0 Å². The number of aromatic nitrogens is 2. The number of nitrogens with one attached hydrogen (secondary N) is 1. The lowest BCUT2D eigenvalue weighted by Crippen LogP contribution is -2.19. The second kappa shape index (κ2) is 7.17. The third-order valence-electron chi connectivity index (χ3n) is 4.09. The summed E-state index contributed by atoms with van der Waals surface area (Å²) in [6.07, 6.45) is 1.89. The first-order valence-electron chi connectivity index (χ1n) is 8.17. The number of halogens is 1. The summed E-state index contributed by atoms with van der Waals surface area (Å²) in [5, 5.41) is 3.95. The normalized spacial score (nSPS) is 13.3. The van der Waals surface area contributed by atoms with E-state index >= 15 is 0 Å². The van der Waals surface area contributed by atoms with E-state index in [0.29, 0.717) is 23.9 Å². The van der Waals surface area contributed by atoms with Gasteiger partial charge in [-0.2, -0.15) is 0 Å². The van der Waals surface area contributed by atoms with E-state index in [1.165, 1.54) is 0 Å². The Morgan fingerprint density at radius 1 is 1.20 bits per heavy atom. The van der Waals surface area contributed by atoms with Gasteiger partial charge in [0.1, 0.15) is 23.9 Å². The van der Waals surface area contributed by atoms with Crippen LogP contribution in [-0.2, 0) is 24.4 Å².